The predicted molar refractivity (Wildman–Crippen MR) is 103 cm³/mol. The summed E-state index contributed by atoms with van der Waals surface area (Å²) in [4.78, 5) is 13.3. The Labute approximate surface area is 174 Å². The molecule has 2 aromatic heterocycles. The number of alkyl halides is 2. The maximum atomic E-state index is 14.4. The summed E-state index contributed by atoms with van der Waals surface area (Å²) in [5.41, 5.74) is 0.481. The number of anilines is 1. The molecule has 4 rings (SSSR count). The van der Waals surface area contributed by atoms with Gasteiger partial charge in [-0.1, -0.05) is 11.3 Å². The van der Waals surface area contributed by atoms with Gasteiger partial charge in [0.05, 0.1) is 12.2 Å². The number of nitrogens with one attached hydrogen (secondary N) is 1. The van der Waals surface area contributed by atoms with E-state index in [1.165, 1.54) is 10.7 Å². The first-order valence-electron chi connectivity index (χ1n) is 9.39. The Balaban J connectivity index is 1.48. The zero-order valence-electron chi connectivity index (χ0n) is 16.4. The summed E-state index contributed by atoms with van der Waals surface area (Å²) in [6.07, 6.45) is -2.77. The van der Waals surface area contributed by atoms with Gasteiger partial charge in [-0.05, 0) is 25.1 Å². The lowest BCUT2D eigenvalue weighted by atomic mass is 10.2. The second-order valence-corrected chi connectivity index (χ2v) is 6.83. The number of piperazine rings is 1. The third-order valence-electron chi connectivity index (χ3n) is 4.75. The molecule has 0 spiro atoms. The first kappa shape index (κ1) is 20.6. The second-order valence-electron chi connectivity index (χ2n) is 6.83. The van der Waals surface area contributed by atoms with Gasteiger partial charge in [-0.2, -0.15) is 0 Å². The smallest absolute Gasteiger partial charge is 0.263 e. The number of nitrogens with zero attached hydrogens (tertiary/aromatic N) is 6. The number of rotatable bonds is 6. The van der Waals surface area contributed by atoms with Crippen LogP contribution >= 0.6 is 0 Å². The van der Waals surface area contributed by atoms with Gasteiger partial charge < -0.3 is 15.0 Å². The van der Waals surface area contributed by atoms with Crippen molar-refractivity contribution in [3.63, 3.8) is 0 Å². The Morgan fingerprint density at radius 1 is 1.19 bits per heavy atom. The lowest BCUT2D eigenvalue weighted by Gasteiger charge is -2.26. The van der Waals surface area contributed by atoms with E-state index in [0.29, 0.717) is 30.3 Å². The van der Waals surface area contributed by atoms with Crippen molar-refractivity contribution in [2.75, 3.05) is 24.5 Å². The summed E-state index contributed by atoms with van der Waals surface area (Å²) in [5.74, 6) is -0.172. The van der Waals surface area contributed by atoms with Crippen LogP contribution in [0, 0.1) is 12.7 Å². The van der Waals surface area contributed by atoms with Crippen LogP contribution in [0.2, 0.25) is 0 Å². The molecule has 0 unspecified atom stereocenters. The lowest BCUT2D eigenvalue weighted by molar-refractivity contribution is -0.120. The third-order valence-corrected chi connectivity index (χ3v) is 4.75. The molecule has 9 nitrogen and oxygen atoms in total. The number of amides is 1. The van der Waals surface area contributed by atoms with E-state index < -0.39 is 17.8 Å². The maximum Gasteiger partial charge on any atom is 0.263 e. The molecule has 1 amide bonds. The number of halogens is 3. The summed E-state index contributed by atoms with van der Waals surface area (Å²) in [6, 6.07) is 6.42. The zero-order chi connectivity index (χ0) is 22.0. The van der Waals surface area contributed by atoms with Gasteiger partial charge in [-0.3, -0.25) is 4.79 Å². The molecule has 0 saturated carbocycles. The molecule has 12 heteroatoms. The molecule has 0 atom stereocenters. The van der Waals surface area contributed by atoms with Gasteiger partial charge >= 0.3 is 0 Å². The molecule has 3 aromatic rings. The Bertz CT molecular complexity index is 1090. The van der Waals surface area contributed by atoms with E-state index in [9.17, 15) is 18.0 Å². The average molecular weight is 433 g/mol. The van der Waals surface area contributed by atoms with Crippen LogP contribution in [0.1, 0.15) is 23.4 Å². The van der Waals surface area contributed by atoms with E-state index >= 15 is 0 Å². The molecule has 31 heavy (non-hydrogen) atoms. The van der Waals surface area contributed by atoms with E-state index in [-0.39, 0.29) is 30.6 Å². The lowest BCUT2D eigenvalue weighted by Crippen LogP contribution is -2.48. The maximum absolute atomic E-state index is 14.4. The van der Waals surface area contributed by atoms with E-state index in [0.717, 1.165) is 12.1 Å². The molecule has 3 heterocycles. The number of hydrogen-bond donors (Lipinski definition) is 1. The summed E-state index contributed by atoms with van der Waals surface area (Å²) in [7, 11) is 0. The minimum atomic E-state index is -2.77. The Morgan fingerprint density at radius 2 is 2.03 bits per heavy atom. The molecule has 0 radical (unpaired) electrons. The molecular weight excluding hydrogens is 415 g/mol. The third kappa shape index (κ3) is 4.42. The van der Waals surface area contributed by atoms with Crippen molar-refractivity contribution < 1.29 is 22.7 Å². The molecule has 1 saturated heterocycles. The Hall–Kier alpha value is -3.70. The minimum Gasteiger partial charge on any atom is -0.470 e. The number of benzene rings is 1. The normalized spacial score (nSPS) is 14.1. The van der Waals surface area contributed by atoms with E-state index in [1.54, 1.807) is 24.0 Å². The number of aromatic nitrogens is 5. The van der Waals surface area contributed by atoms with Crippen molar-refractivity contribution in [2.45, 2.75) is 20.0 Å². The molecular formula is C19H18F3N7O2. The van der Waals surface area contributed by atoms with E-state index in [1.807, 2.05) is 0 Å². The van der Waals surface area contributed by atoms with Crippen LogP contribution in [-0.2, 0) is 11.4 Å². The van der Waals surface area contributed by atoms with Crippen molar-refractivity contribution >= 4 is 11.7 Å². The summed E-state index contributed by atoms with van der Waals surface area (Å²) < 4.78 is 46.8. The number of carbonyl (C=O) groups excluding carboxylic acids is 1. The SMILES string of the molecule is Cc1nnn(-c2ccc(C(F)F)cc2F)c1COc1ccc(N2CCNC(=O)C2)nn1. The Kier molecular flexibility index (Phi) is 5.69. The highest BCUT2D eigenvalue weighted by Gasteiger charge is 2.19. The fourth-order valence-corrected chi connectivity index (χ4v) is 3.10. The second kappa shape index (κ2) is 8.58. The van der Waals surface area contributed by atoms with Crippen molar-refractivity contribution in [1.29, 1.82) is 0 Å². The summed E-state index contributed by atoms with van der Waals surface area (Å²) in [6.45, 7) is 2.98. The van der Waals surface area contributed by atoms with Gasteiger partial charge in [0.25, 0.3) is 6.43 Å². The van der Waals surface area contributed by atoms with Crippen LogP contribution in [0.5, 0.6) is 5.88 Å². The van der Waals surface area contributed by atoms with Crippen LogP contribution in [-0.4, -0.2) is 50.7 Å². The number of hydrogen-bond acceptors (Lipinski definition) is 7. The molecule has 0 aliphatic carbocycles. The molecule has 1 aromatic carbocycles. The van der Waals surface area contributed by atoms with Crippen LogP contribution in [0.3, 0.4) is 0 Å². The molecule has 1 aliphatic rings. The van der Waals surface area contributed by atoms with E-state index in [2.05, 4.69) is 25.8 Å². The fourth-order valence-electron chi connectivity index (χ4n) is 3.10. The highest BCUT2D eigenvalue weighted by Crippen LogP contribution is 2.24. The van der Waals surface area contributed by atoms with Crippen molar-refractivity contribution in [3.05, 3.63) is 53.1 Å². The molecule has 1 aliphatic heterocycles. The largest absolute Gasteiger partial charge is 0.470 e. The van der Waals surface area contributed by atoms with Gasteiger partial charge in [0.2, 0.25) is 11.8 Å². The van der Waals surface area contributed by atoms with E-state index in [4.69, 9.17) is 4.74 Å². The molecule has 0 bridgehead atoms. The highest BCUT2D eigenvalue weighted by molar-refractivity contribution is 5.82. The molecule has 1 fully saturated rings. The predicted octanol–water partition coefficient (Wildman–Crippen LogP) is 1.96. The monoisotopic (exact) mass is 433 g/mol. The van der Waals surface area contributed by atoms with Gasteiger partial charge in [-0.25, -0.2) is 17.9 Å². The number of ether oxygens (including phenoxy) is 1. The minimum absolute atomic E-state index is 0.0200. The summed E-state index contributed by atoms with van der Waals surface area (Å²) >= 11 is 0. The first-order valence-corrected chi connectivity index (χ1v) is 9.39. The molecule has 1 N–H and O–H groups in total. The van der Waals surface area contributed by atoms with Crippen LogP contribution in [0.25, 0.3) is 5.69 Å². The van der Waals surface area contributed by atoms with Crippen LogP contribution < -0.4 is 15.0 Å². The fraction of sp³-hybridized carbons (Fsp3) is 0.316. The van der Waals surface area contributed by atoms with Crippen LogP contribution in [0.4, 0.5) is 19.0 Å². The Morgan fingerprint density at radius 3 is 2.71 bits per heavy atom. The average Bonchev–Trinajstić information content (AvgIpc) is 3.12. The highest BCUT2D eigenvalue weighted by atomic mass is 19.3. The van der Waals surface area contributed by atoms with Crippen molar-refractivity contribution in [3.8, 4) is 11.6 Å². The van der Waals surface area contributed by atoms with Gasteiger partial charge in [0, 0.05) is 24.7 Å². The van der Waals surface area contributed by atoms with Gasteiger partial charge in [0.15, 0.2) is 5.82 Å². The molecule has 162 valence electrons. The first-order chi connectivity index (χ1) is 14.9. The van der Waals surface area contributed by atoms with Gasteiger partial charge in [0.1, 0.15) is 23.8 Å². The summed E-state index contributed by atoms with van der Waals surface area (Å²) in [5, 5.41) is 18.6. The zero-order valence-corrected chi connectivity index (χ0v) is 16.4. The van der Waals surface area contributed by atoms with Crippen molar-refractivity contribution in [2.24, 2.45) is 0 Å². The topological polar surface area (TPSA) is 98.1 Å². The quantitative estimate of drug-likeness (QED) is 0.635. The van der Waals surface area contributed by atoms with Crippen LogP contribution in [0.15, 0.2) is 30.3 Å². The number of carbonyl (C=O) groups is 1. The number of aryl methyl sites for hydroxylation is 1. The standard InChI is InChI=1S/C19H18F3N7O2/c1-11-15(29(27-24-11)14-3-2-12(19(21)22)8-13(14)20)10-31-18-5-4-16(25-26-18)28-7-6-23-17(30)9-28/h2-5,8,19H,6-7,9-10H2,1H3,(H,23,30). The van der Waals surface area contributed by atoms with Crippen molar-refractivity contribution in [1.82, 2.24) is 30.5 Å². The van der Waals surface area contributed by atoms with Gasteiger partial charge in [-0.15, -0.1) is 15.3 Å².